The first kappa shape index (κ1) is 16.2. The predicted molar refractivity (Wildman–Crippen MR) is 85.1 cm³/mol. The Bertz CT molecular complexity index is 711. The first-order valence-electron chi connectivity index (χ1n) is 7.93. The van der Waals surface area contributed by atoms with E-state index >= 15 is 0 Å². The van der Waals surface area contributed by atoms with Gasteiger partial charge in [-0.15, -0.1) is 0 Å². The highest BCUT2D eigenvalue weighted by molar-refractivity contribution is 6.15. The lowest BCUT2D eigenvalue weighted by Gasteiger charge is -2.27. The van der Waals surface area contributed by atoms with Gasteiger partial charge in [-0.2, -0.15) is 0 Å². The van der Waals surface area contributed by atoms with Crippen molar-refractivity contribution < 1.29 is 18.8 Å². The smallest absolute Gasteiger partial charge is 0.329 e. The summed E-state index contributed by atoms with van der Waals surface area (Å²) in [6, 6.07) is 5.28. The third kappa shape index (κ3) is 3.29. The number of carbonyl (C=O) groups is 3. The van der Waals surface area contributed by atoms with Gasteiger partial charge in [0.1, 0.15) is 18.1 Å². The lowest BCUT2D eigenvalue weighted by Crippen LogP contribution is -2.44. The van der Waals surface area contributed by atoms with Crippen LogP contribution in [0.15, 0.2) is 30.0 Å². The molecule has 1 N–H and O–H groups in total. The van der Waals surface area contributed by atoms with Crippen molar-refractivity contribution in [2.75, 3.05) is 19.6 Å². The summed E-state index contributed by atoms with van der Waals surface area (Å²) in [5, 5.41) is 2.40. The van der Waals surface area contributed by atoms with E-state index in [9.17, 15) is 18.8 Å². The van der Waals surface area contributed by atoms with Gasteiger partial charge in [0.25, 0.3) is 5.91 Å². The van der Waals surface area contributed by atoms with E-state index in [2.05, 4.69) is 5.32 Å². The molecule has 6 nitrogen and oxygen atoms in total. The standard InChI is InChI=1S/C17H18FN3O3/c18-13-7-3-2-6-12(13)10-14-16(23)21(17(24)19-14)11-15(22)20-8-4-1-5-9-20/h2-3,6-7,10H,1,4-5,8-9,11H2,(H,19,24)/b14-10-. The minimum atomic E-state index is -0.659. The topological polar surface area (TPSA) is 69.7 Å². The number of nitrogens with one attached hydrogen (secondary N) is 1. The van der Waals surface area contributed by atoms with E-state index in [1.807, 2.05) is 0 Å². The van der Waals surface area contributed by atoms with Crippen LogP contribution in [0.2, 0.25) is 0 Å². The summed E-state index contributed by atoms with van der Waals surface area (Å²) >= 11 is 0. The van der Waals surface area contributed by atoms with Gasteiger partial charge in [-0.1, -0.05) is 18.2 Å². The first-order valence-corrected chi connectivity index (χ1v) is 7.93. The molecule has 3 rings (SSSR count). The average Bonchev–Trinajstić information content (AvgIpc) is 2.85. The SMILES string of the molecule is O=C(CN1C(=O)N/C(=C\c2ccccc2F)C1=O)N1CCCCC1. The normalized spacial score (nSPS) is 19.8. The van der Waals surface area contributed by atoms with Gasteiger partial charge in [0.05, 0.1) is 0 Å². The number of hydrogen-bond donors (Lipinski definition) is 1. The summed E-state index contributed by atoms with van der Waals surface area (Å²) < 4.78 is 13.7. The summed E-state index contributed by atoms with van der Waals surface area (Å²) in [4.78, 5) is 39.1. The fourth-order valence-electron chi connectivity index (χ4n) is 2.84. The third-order valence-electron chi connectivity index (χ3n) is 4.17. The van der Waals surface area contributed by atoms with Crippen LogP contribution in [0.4, 0.5) is 9.18 Å². The highest BCUT2D eigenvalue weighted by Gasteiger charge is 2.36. The number of imide groups is 1. The van der Waals surface area contributed by atoms with Crippen molar-refractivity contribution in [3.8, 4) is 0 Å². The lowest BCUT2D eigenvalue weighted by atomic mass is 10.1. The molecular weight excluding hydrogens is 313 g/mol. The molecule has 7 heteroatoms. The molecule has 2 aliphatic rings. The number of hydrogen-bond acceptors (Lipinski definition) is 3. The van der Waals surface area contributed by atoms with Crippen molar-refractivity contribution in [3.05, 3.63) is 41.3 Å². The van der Waals surface area contributed by atoms with E-state index in [0.717, 1.165) is 24.2 Å². The minimum absolute atomic E-state index is 0.0310. The number of urea groups is 1. The van der Waals surface area contributed by atoms with Crippen LogP contribution in [0.1, 0.15) is 24.8 Å². The highest BCUT2D eigenvalue weighted by Crippen LogP contribution is 2.17. The third-order valence-corrected chi connectivity index (χ3v) is 4.17. The van der Waals surface area contributed by atoms with Gasteiger partial charge in [-0.3, -0.25) is 9.59 Å². The summed E-state index contributed by atoms with van der Waals surface area (Å²) in [6.45, 7) is 1.01. The Morgan fingerprint density at radius 3 is 2.58 bits per heavy atom. The van der Waals surface area contributed by atoms with E-state index in [1.165, 1.54) is 24.3 Å². The molecular formula is C17H18FN3O3. The van der Waals surface area contributed by atoms with Gasteiger partial charge in [-0.25, -0.2) is 14.1 Å². The molecule has 24 heavy (non-hydrogen) atoms. The Kier molecular flexibility index (Phi) is 4.59. The van der Waals surface area contributed by atoms with Crippen LogP contribution in [0, 0.1) is 5.82 Å². The van der Waals surface area contributed by atoms with Crippen LogP contribution < -0.4 is 5.32 Å². The fourth-order valence-corrected chi connectivity index (χ4v) is 2.84. The van der Waals surface area contributed by atoms with Crippen molar-refractivity contribution >= 4 is 23.9 Å². The van der Waals surface area contributed by atoms with Gasteiger partial charge in [0.15, 0.2) is 0 Å². The van der Waals surface area contributed by atoms with E-state index in [0.29, 0.717) is 13.1 Å². The summed E-state index contributed by atoms with van der Waals surface area (Å²) in [5.74, 6) is -1.35. The van der Waals surface area contributed by atoms with Gasteiger partial charge in [0, 0.05) is 18.7 Å². The maximum absolute atomic E-state index is 13.7. The van der Waals surface area contributed by atoms with Crippen molar-refractivity contribution in [1.29, 1.82) is 0 Å². The van der Waals surface area contributed by atoms with Gasteiger partial charge >= 0.3 is 6.03 Å². The molecule has 0 bridgehead atoms. The first-order chi connectivity index (χ1) is 11.6. The van der Waals surface area contributed by atoms with Crippen LogP contribution in [0.25, 0.3) is 6.08 Å². The molecule has 0 saturated carbocycles. The molecule has 4 amide bonds. The van der Waals surface area contributed by atoms with Crippen molar-refractivity contribution in [2.24, 2.45) is 0 Å². The molecule has 2 heterocycles. The minimum Gasteiger partial charge on any atom is -0.341 e. The monoisotopic (exact) mass is 331 g/mol. The molecule has 1 aromatic rings. The molecule has 2 fully saturated rings. The van der Waals surface area contributed by atoms with Crippen LogP contribution >= 0.6 is 0 Å². The number of nitrogens with zero attached hydrogens (tertiary/aromatic N) is 2. The van der Waals surface area contributed by atoms with Crippen LogP contribution in [0.5, 0.6) is 0 Å². The van der Waals surface area contributed by atoms with Gasteiger partial charge < -0.3 is 10.2 Å². The Labute approximate surface area is 138 Å². The van der Waals surface area contributed by atoms with Gasteiger partial charge in [0.2, 0.25) is 5.91 Å². The van der Waals surface area contributed by atoms with Crippen molar-refractivity contribution in [3.63, 3.8) is 0 Å². The van der Waals surface area contributed by atoms with Crippen LogP contribution in [-0.4, -0.2) is 47.3 Å². The molecule has 0 radical (unpaired) electrons. The number of benzene rings is 1. The predicted octanol–water partition coefficient (Wildman–Crippen LogP) is 1.73. The van der Waals surface area contributed by atoms with Crippen molar-refractivity contribution in [1.82, 2.24) is 15.1 Å². The fraction of sp³-hybridized carbons (Fsp3) is 0.353. The summed E-state index contributed by atoms with van der Waals surface area (Å²) in [7, 11) is 0. The molecule has 2 saturated heterocycles. The molecule has 2 aliphatic heterocycles. The second kappa shape index (κ2) is 6.82. The number of amides is 4. The average molecular weight is 331 g/mol. The van der Waals surface area contributed by atoms with E-state index in [4.69, 9.17) is 0 Å². The summed E-state index contributed by atoms with van der Waals surface area (Å²) in [5.41, 5.74) is 0.168. The van der Waals surface area contributed by atoms with Crippen LogP contribution in [0.3, 0.4) is 0 Å². The molecule has 0 spiro atoms. The Hall–Kier alpha value is -2.70. The van der Waals surface area contributed by atoms with Gasteiger partial charge in [-0.05, 0) is 31.4 Å². The van der Waals surface area contributed by atoms with E-state index in [-0.39, 0.29) is 23.7 Å². The molecule has 0 aromatic heterocycles. The molecule has 0 atom stereocenters. The lowest BCUT2D eigenvalue weighted by molar-refractivity contribution is -0.136. The maximum Gasteiger partial charge on any atom is 0.329 e. The van der Waals surface area contributed by atoms with E-state index < -0.39 is 17.8 Å². The maximum atomic E-state index is 13.7. The second-order valence-electron chi connectivity index (χ2n) is 5.84. The Morgan fingerprint density at radius 2 is 1.88 bits per heavy atom. The number of likely N-dealkylation sites (tertiary alicyclic amines) is 1. The van der Waals surface area contributed by atoms with E-state index in [1.54, 1.807) is 11.0 Å². The zero-order valence-corrected chi connectivity index (χ0v) is 13.1. The summed E-state index contributed by atoms with van der Waals surface area (Å²) in [6.07, 6.45) is 4.23. The largest absolute Gasteiger partial charge is 0.341 e. The highest BCUT2D eigenvalue weighted by atomic mass is 19.1. The Morgan fingerprint density at radius 1 is 1.17 bits per heavy atom. The number of rotatable bonds is 3. The van der Waals surface area contributed by atoms with Crippen molar-refractivity contribution in [2.45, 2.75) is 19.3 Å². The molecule has 0 unspecified atom stereocenters. The molecule has 1 aromatic carbocycles. The number of halogens is 1. The quantitative estimate of drug-likeness (QED) is 0.677. The Balaban J connectivity index is 1.72. The zero-order valence-electron chi connectivity index (χ0n) is 13.1. The molecule has 126 valence electrons. The number of carbonyl (C=O) groups excluding carboxylic acids is 3. The molecule has 0 aliphatic carbocycles. The number of piperidine rings is 1. The second-order valence-corrected chi connectivity index (χ2v) is 5.84. The van der Waals surface area contributed by atoms with Crippen LogP contribution in [-0.2, 0) is 9.59 Å². The zero-order chi connectivity index (χ0) is 17.1.